The molecule has 0 radical (unpaired) electrons. The molecule has 1 aromatic heterocycles. The molecule has 1 heterocycles. The van der Waals surface area contributed by atoms with E-state index in [0.717, 1.165) is 24.1 Å². The van der Waals surface area contributed by atoms with E-state index in [4.69, 9.17) is 0 Å². The van der Waals surface area contributed by atoms with Crippen molar-refractivity contribution in [1.82, 2.24) is 20.4 Å². The van der Waals surface area contributed by atoms with Gasteiger partial charge in [0.25, 0.3) is 0 Å². The zero-order valence-electron chi connectivity index (χ0n) is 11.9. The summed E-state index contributed by atoms with van der Waals surface area (Å²) in [5.41, 5.74) is 1.15. The number of guanidine groups is 1. The smallest absolute Gasteiger partial charge is 0.191 e. The van der Waals surface area contributed by atoms with E-state index >= 15 is 0 Å². The third-order valence-electron chi connectivity index (χ3n) is 3.49. The van der Waals surface area contributed by atoms with Crippen LogP contribution in [0.2, 0.25) is 0 Å². The van der Waals surface area contributed by atoms with Crippen molar-refractivity contribution in [3.05, 3.63) is 18.0 Å². The Morgan fingerprint density at radius 2 is 2.37 bits per heavy atom. The molecule has 0 bridgehead atoms. The highest BCUT2D eigenvalue weighted by Crippen LogP contribution is 2.34. The molecule has 5 nitrogen and oxygen atoms in total. The van der Waals surface area contributed by atoms with Gasteiger partial charge >= 0.3 is 0 Å². The van der Waals surface area contributed by atoms with Gasteiger partial charge in [0.05, 0.1) is 12.2 Å². The lowest BCUT2D eigenvalue weighted by atomic mass is 10.2. The maximum Gasteiger partial charge on any atom is 0.191 e. The Hall–Kier alpha value is -0.790. The zero-order valence-corrected chi connectivity index (χ0v) is 14.2. The molecule has 0 spiro atoms. The van der Waals surface area contributed by atoms with E-state index in [1.54, 1.807) is 0 Å². The maximum atomic E-state index is 4.26. The van der Waals surface area contributed by atoms with Gasteiger partial charge in [-0.15, -0.1) is 24.0 Å². The largest absolute Gasteiger partial charge is 0.353 e. The number of rotatable bonds is 5. The molecule has 2 N–H and O–H groups in total. The average molecular weight is 377 g/mol. The Morgan fingerprint density at radius 3 is 2.95 bits per heavy atom. The lowest BCUT2D eigenvalue weighted by Gasteiger charge is -2.11. The van der Waals surface area contributed by atoms with Crippen LogP contribution in [0.5, 0.6) is 0 Å². The second-order valence-electron chi connectivity index (χ2n) is 4.91. The molecular formula is C13H24IN5. The second-order valence-corrected chi connectivity index (χ2v) is 4.91. The molecule has 108 valence electrons. The quantitative estimate of drug-likeness (QED) is 0.468. The van der Waals surface area contributed by atoms with Crippen LogP contribution in [0.4, 0.5) is 0 Å². The van der Waals surface area contributed by atoms with Gasteiger partial charge in [-0.05, 0) is 24.8 Å². The van der Waals surface area contributed by atoms with Crippen LogP contribution in [0.15, 0.2) is 17.3 Å². The number of hydrogen-bond acceptors (Lipinski definition) is 2. The Bertz CT molecular complexity index is 415. The fourth-order valence-corrected chi connectivity index (χ4v) is 2.23. The van der Waals surface area contributed by atoms with Crippen molar-refractivity contribution in [3.8, 4) is 0 Å². The Labute approximate surface area is 132 Å². The van der Waals surface area contributed by atoms with Crippen molar-refractivity contribution in [3.63, 3.8) is 0 Å². The van der Waals surface area contributed by atoms with Gasteiger partial charge in [-0.1, -0.05) is 13.3 Å². The van der Waals surface area contributed by atoms with Crippen LogP contribution in [0.25, 0.3) is 0 Å². The molecule has 0 amide bonds. The van der Waals surface area contributed by atoms with Crippen molar-refractivity contribution >= 4 is 29.9 Å². The number of aliphatic imine (C=N–C) groups is 1. The van der Waals surface area contributed by atoms with Crippen LogP contribution in [-0.4, -0.2) is 28.8 Å². The average Bonchev–Trinajstić information content (AvgIpc) is 2.96. The molecule has 2 atom stereocenters. The van der Waals surface area contributed by atoms with Crippen LogP contribution < -0.4 is 10.6 Å². The molecule has 2 unspecified atom stereocenters. The van der Waals surface area contributed by atoms with E-state index in [1.807, 2.05) is 31.0 Å². The van der Waals surface area contributed by atoms with Crippen LogP contribution in [0.3, 0.4) is 0 Å². The number of aryl methyl sites for hydroxylation is 1. The monoisotopic (exact) mass is 377 g/mol. The van der Waals surface area contributed by atoms with E-state index in [0.29, 0.717) is 6.04 Å². The van der Waals surface area contributed by atoms with Crippen LogP contribution in [0, 0.1) is 5.92 Å². The normalized spacial score (nSPS) is 21.7. The molecule has 6 heteroatoms. The minimum absolute atomic E-state index is 0. The number of aromatic nitrogens is 2. The molecule has 19 heavy (non-hydrogen) atoms. The number of nitrogens with one attached hydrogen (secondary N) is 2. The molecule has 0 saturated heterocycles. The molecule has 1 aromatic rings. The van der Waals surface area contributed by atoms with E-state index in [9.17, 15) is 0 Å². The molecule has 1 saturated carbocycles. The fraction of sp³-hybridized carbons (Fsp3) is 0.692. The summed E-state index contributed by atoms with van der Waals surface area (Å²) in [5, 5.41) is 10.9. The summed E-state index contributed by atoms with van der Waals surface area (Å²) in [6, 6.07) is 2.62. The molecule has 0 aromatic carbocycles. The van der Waals surface area contributed by atoms with Gasteiger partial charge in [0.1, 0.15) is 0 Å². The number of halogens is 1. The summed E-state index contributed by atoms with van der Waals surface area (Å²) in [5.74, 6) is 1.73. The SMILES string of the molecule is CCCC1CC1NC(=NC)NCc1ccnn1C.I. The van der Waals surface area contributed by atoms with Gasteiger partial charge in [0, 0.05) is 26.3 Å². The number of nitrogens with zero attached hydrogens (tertiary/aromatic N) is 3. The summed E-state index contributed by atoms with van der Waals surface area (Å²) in [4.78, 5) is 4.26. The van der Waals surface area contributed by atoms with Gasteiger partial charge in [0.15, 0.2) is 5.96 Å². The highest BCUT2D eigenvalue weighted by Gasteiger charge is 2.36. The summed E-state index contributed by atoms with van der Waals surface area (Å²) in [7, 11) is 3.77. The van der Waals surface area contributed by atoms with Crippen LogP contribution in [0.1, 0.15) is 31.9 Å². The first-order valence-corrected chi connectivity index (χ1v) is 6.68. The van der Waals surface area contributed by atoms with Gasteiger partial charge in [0.2, 0.25) is 0 Å². The van der Waals surface area contributed by atoms with Crippen molar-refractivity contribution in [1.29, 1.82) is 0 Å². The molecule has 1 fully saturated rings. The Morgan fingerprint density at radius 1 is 1.58 bits per heavy atom. The first-order valence-electron chi connectivity index (χ1n) is 6.68. The first-order chi connectivity index (χ1) is 8.74. The highest BCUT2D eigenvalue weighted by molar-refractivity contribution is 14.0. The predicted octanol–water partition coefficient (Wildman–Crippen LogP) is 1.89. The van der Waals surface area contributed by atoms with E-state index in [2.05, 4.69) is 27.6 Å². The summed E-state index contributed by atoms with van der Waals surface area (Å²) < 4.78 is 1.87. The summed E-state index contributed by atoms with van der Waals surface area (Å²) >= 11 is 0. The van der Waals surface area contributed by atoms with E-state index < -0.39 is 0 Å². The van der Waals surface area contributed by atoms with E-state index in [-0.39, 0.29) is 24.0 Å². The predicted molar refractivity (Wildman–Crippen MR) is 88.8 cm³/mol. The second kappa shape index (κ2) is 7.72. The van der Waals surface area contributed by atoms with Gasteiger partial charge in [-0.2, -0.15) is 5.10 Å². The molecular weight excluding hydrogens is 353 g/mol. The first kappa shape index (κ1) is 16.3. The maximum absolute atomic E-state index is 4.26. The van der Waals surface area contributed by atoms with Crippen molar-refractivity contribution in [2.75, 3.05) is 7.05 Å². The van der Waals surface area contributed by atoms with Crippen molar-refractivity contribution in [2.45, 2.75) is 38.8 Å². The third-order valence-corrected chi connectivity index (χ3v) is 3.49. The highest BCUT2D eigenvalue weighted by atomic mass is 127. The van der Waals surface area contributed by atoms with Crippen molar-refractivity contribution < 1.29 is 0 Å². The lowest BCUT2D eigenvalue weighted by molar-refractivity contribution is 0.648. The van der Waals surface area contributed by atoms with Crippen LogP contribution in [-0.2, 0) is 13.6 Å². The summed E-state index contributed by atoms with van der Waals surface area (Å²) in [6.07, 6.45) is 5.67. The van der Waals surface area contributed by atoms with Gasteiger partial charge in [-0.25, -0.2) is 0 Å². The summed E-state index contributed by atoms with van der Waals surface area (Å²) in [6.45, 7) is 2.99. The Kier molecular flexibility index (Phi) is 6.60. The Balaban J connectivity index is 0.00000180. The van der Waals surface area contributed by atoms with Gasteiger partial charge in [-0.3, -0.25) is 9.67 Å². The van der Waals surface area contributed by atoms with E-state index in [1.165, 1.54) is 19.3 Å². The number of hydrogen-bond donors (Lipinski definition) is 2. The standard InChI is InChI=1S/C13H23N5.HI/c1-4-5-10-8-12(10)17-13(14-2)15-9-11-6-7-16-18(11)3;/h6-7,10,12H,4-5,8-9H2,1-3H3,(H2,14,15,17);1H. The fourth-order valence-electron chi connectivity index (χ4n) is 2.23. The molecule has 0 aliphatic heterocycles. The minimum Gasteiger partial charge on any atom is -0.353 e. The topological polar surface area (TPSA) is 54.2 Å². The molecule has 2 rings (SSSR count). The zero-order chi connectivity index (χ0) is 13.0. The van der Waals surface area contributed by atoms with Crippen LogP contribution >= 0.6 is 24.0 Å². The third kappa shape index (κ3) is 4.67. The molecule has 1 aliphatic rings. The lowest BCUT2D eigenvalue weighted by Crippen LogP contribution is -2.39. The molecule has 1 aliphatic carbocycles. The van der Waals surface area contributed by atoms with Crippen molar-refractivity contribution in [2.24, 2.45) is 18.0 Å². The van der Waals surface area contributed by atoms with Gasteiger partial charge < -0.3 is 10.6 Å². The minimum atomic E-state index is 0.